The van der Waals surface area contributed by atoms with Gasteiger partial charge in [0.05, 0.1) is 5.54 Å². The number of nitrogens with zero attached hydrogens (tertiary/aromatic N) is 1. The molecule has 2 aliphatic heterocycles. The molecule has 0 bridgehead atoms. The normalized spacial score (nSPS) is 31.4. The summed E-state index contributed by atoms with van der Waals surface area (Å²) in [7, 11) is 0. The summed E-state index contributed by atoms with van der Waals surface area (Å²) in [4.78, 5) is 14.1. The minimum atomic E-state index is -0.250. The van der Waals surface area contributed by atoms with Crippen molar-refractivity contribution in [3.63, 3.8) is 0 Å². The van der Waals surface area contributed by atoms with Gasteiger partial charge in [-0.05, 0) is 31.7 Å². The highest BCUT2D eigenvalue weighted by Gasteiger charge is 2.44. The predicted octanol–water partition coefficient (Wildman–Crippen LogP) is 2.02. The molecule has 0 radical (unpaired) electrons. The van der Waals surface area contributed by atoms with Crippen molar-refractivity contribution >= 4 is 5.91 Å². The number of hydrogen-bond donors (Lipinski definition) is 1. The van der Waals surface area contributed by atoms with Gasteiger partial charge in [0, 0.05) is 13.1 Å². The summed E-state index contributed by atoms with van der Waals surface area (Å²) < 4.78 is 0. The first kappa shape index (κ1) is 13.5. The smallest absolute Gasteiger partial charge is 0.242 e. The van der Waals surface area contributed by atoms with Crippen LogP contribution < -0.4 is 5.32 Å². The molecule has 0 aromatic rings. The van der Waals surface area contributed by atoms with Gasteiger partial charge < -0.3 is 10.2 Å². The van der Waals surface area contributed by atoms with E-state index in [9.17, 15) is 4.79 Å². The minimum Gasteiger partial charge on any atom is -0.341 e. The van der Waals surface area contributed by atoms with E-state index in [-0.39, 0.29) is 5.54 Å². The molecule has 2 saturated heterocycles. The van der Waals surface area contributed by atoms with E-state index in [1.165, 1.54) is 0 Å². The Balaban J connectivity index is 0.000000606. The maximum absolute atomic E-state index is 12.1. The second kappa shape index (κ2) is 4.74. The first-order valence-electron chi connectivity index (χ1n) is 6.47. The molecule has 0 aromatic carbocycles. The van der Waals surface area contributed by atoms with Crippen LogP contribution in [0.5, 0.6) is 0 Å². The molecule has 1 amide bonds. The van der Waals surface area contributed by atoms with Crippen LogP contribution in [0.25, 0.3) is 0 Å². The highest BCUT2D eigenvalue weighted by molar-refractivity contribution is 5.87. The number of likely N-dealkylation sites (tertiary alicyclic amines) is 1. The third-order valence-corrected chi connectivity index (χ3v) is 3.58. The van der Waals surface area contributed by atoms with Crippen molar-refractivity contribution in [2.75, 3.05) is 19.6 Å². The topological polar surface area (TPSA) is 32.3 Å². The molecule has 0 aromatic heterocycles. The van der Waals surface area contributed by atoms with Crippen molar-refractivity contribution in [1.82, 2.24) is 10.2 Å². The molecule has 0 spiro atoms. The van der Waals surface area contributed by atoms with Gasteiger partial charge in [0.1, 0.15) is 0 Å². The van der Waals surface area contributed by atoms with Gasteiger partial charge in [-0.1, -0.05) is 27.7 Å². The number of hydrogen-bond acceptors (Lipinski definition) is 2. The largest absolute Gasteiger partial charge is 0.341 e. The zero-order valence-electron chi connectivity index (χ0n) is 11.4. The molecule has 3 nitrogen and oxygen atoms in total. The quantitative estimate of drug-likeness (QED) is 0.742. The fourth-order valence-corrected chi connectivity index (χ4v) is 2.32. The molecule has 2 heterocycles. The standard InChI is InChI=1S/C11H20N2O.C2H6/c1-10(2)5-7-13(8-10)9(14)11(3)4-6-12-11;1-2/h12H,4-8H2,1-3H3;1-2H3/t11-;/m1./s1. The van der Waals surface area contributed by atoms with Crippen molar-refractivity contribution in [2.45, 2.75) is 53.0 Å². The van der Waals surface area contributed by atoms with E-state index in [4.69, 9.17) is 0 Å². The molecule has 2 rings (SSSR count). The molecule has 1 N–H and O–H groups in total. The zero-order chi connectivity index (χ0) is 12.4. The summed E-state index contributed by atoms with van der Waals surface area (Å²) in [5.41, 5.74) is 0.0657. The van der Waals surface area contributed by atoms with E-state index in [0.29, 0.717) is 11.3 Å². The summed E-state index contributed by atoms with van der Waals surface area (Å²) in [5.74, 6) is 0.300. The Morgan fingerprint density at radius 2 is 1.75 bits per heavy atom. The monoisotopic (exact) mass is 226 g/mol. The van der Waals surface area contributed by atoms with Crippen LogP contribution in [0.4, 0.5) is 0 Å². The third-order valence-electron chi connectivity index (χ3n) is 3.58. The highest BCUT2D eigenvalue weighted by atomic mass is 16.2. The Kier molecular flexibility index (Phi) is 4.00. The van der Waals surface area contributed by atoms with Gasteiger partial charge in [0.2, 0.25) is 5.91 Å². The lowest BCUT2D eigenvalue weighted by molar-refractivity contribution is -0.139. The lowest BCUT2D eigenvalue weighted by Gasteiger charge is -2.41. The van der Waals surface area contributed by atoms with Crippen LogP contribution in [0.15, 0.2) is 0 Å². The molecule has 3 heteroatoms. The average molecular weight is 226 g/mol. The van der Waals surface area contributed by atoms with Crippen LogP contribution in [-0.4, -0.2) is 36.0 Å². The van der Waals surface area contributed by atoms with E-state index in [1.807, 2.05) is 25.7 Å². The average Bonchev–Trinajstić information content (AvgIpc) is 2.57. The van der Waals surface area contributed by atoms with Gasteiger partial charge in [0.15, 0.2) is 0 Å². The van der Waals surface area contributed by atoms with E-state index >= 15 is 0 Å². The van der Waals surface area contributed by atoms with Crippen LogP contribution in [0, 0.1) is 5.41 Å². The van der Waals surface area contributed by atoms with Crippen LogP contribution >= 0.6 is 0 Å². The van der Waals surface area contributed by atoms with Gasteiger partial charge in [-0.3, -0.25) is 4.79 Å². The summed E-state index contributed by atoms with van der Waals surface area (Å²) in [6, 6.07) is 0. The van der Waals surface area contributed by atoms with E-state index in [2.05, 4.69) is 19.2 Å². The Morgan fingerprint density at radius 1 is 1.19 bits per heavy atom. The van der Waals surface area contributed by atoms with Crippen molar-refractivity contribution < 1.29 is 4.79 Å². The molecule has 1 atom stereocenters. The third kappa shape index (κ3) is 2.57. The van der Waals surface area contributed by atoms with Gasteiger partial charge in [-0.25, -0.2) is 0 Å². The van der Waals surface area contributed by atoms with Gasteiger partial charge >= 0.3 is 0 Å². The number of rotatable bonds is 1. The van der Waals surface area contributed by atoms with Crippen LogP contribution in [0.1, 0.15) is 47.5 Å². The maximum Gasteiger partial charge on any atom is 0.242 e. The Labute approximate surface area is 99.6 Å². The highest BCUT2D eigenvalue weighted by Crippen LogP contribution is 2.31. The van der Waals surface area contributed by atoms with Crippen molar-refractivity contribution in [1.29, 1.82) is 0 Å². The fourth-order valence-electron chi connectivity index (χ4n) is 2.32. The van der Waals surface area contributed by atoms with E-state index < -0.39 is 0 Å². The molecule has 0 aliphatic carbocycles. The second-order valence-corrected chi connectivity index (χ2v) is 5.65. The molecule has 2 aliphatic rings. The second-order valence-electron chi connectivity index (χ2n) is 5.65. The number of amides is 1. The van der Waals surface area contributed by atoms with Gasteiger partial charge in [0.25, 0.3) is 0 Å². The molecule has 0 saturated carbocycles. The summed E-state index contributed by atoms with van der Waals surface area (Å²) in [6.07, 6.45) is 2.12. The van der Waals surface area contributed by atoms with Crippen LogP contribution in [0.2, 0.25) is 0 Å². The van der Waals surface area contributed by atoms with Crippen molar-refractivity contribution in [2.24, 2.45) is 5.41 Å². The molecular formula is C13H26N2O. The Hall–Kier alpha value is -0.570. The number of nitrogens with one attached hydrogen (secondary N) is 1. The lowest BCUT2D eigenvalue weighted by Crippen LogP contribution is -2.64. The Morgan fingerprint density at radius 3 is 2.06 bits per heavy atom. The van der Waals surface area contributed by atoms with Crippen LogP contribution in [0.3, 0.4) is 0 Å². The minimum absolute atomic E-state index is 0.250. The van der Waals surface area contributed by atoms with Crippen LogP contribution in [-0.2, 0) is 4.79 Å². The van der Waals surface area contributed by atoms with Gasteiger partial charge in [-0.2, -0.15) is 0 Å². The fraction of sp³-hybridized carbons (Fsp3) is 0.923. The summed E-state index contributed by atoms with van der Waals surface area (Å²) in [6.45, 7) is 13.3. The Bertz CT molecular complexity index is 257. The molecule has 16 heavy (non-hydrogen) atoms. The van der Waals surface area contributed by atoms with Gasteiger partial charge in [-0.15, -0.1) is 0 Å². The SMILES string of the molecule is CC.CC1(C)CCN(C(=O)[C@@]2(C)CCN2)C1. The first-order chi connectivity index (χ1) is 7.43. The predicted molar refractivity (Wildman–Crippen MR) is 67.4 cm³/mol. The molecular weight excluding hydrogens is 200 g/mol. The lowest BCUT2D eigenvalue weighted by atomic mass is 9.88. The van der Waals surface area contributed by atoms with E-state index in [0.717, 1.165) is 32.5 Å². The molecule has 0 unspecified atom stereocenters. The molecule has 2 fully saturated rings. The van der Waals surface area contributed by atoms with Crippen molar-refractivity contribution in [3.8, 4) is 0 Å². The van der Waals surface area contributed by atoms with Crippen molar-refractivity contribution in [3.05, 3.63) is 0 Å². The zero-order valence-corrected chi connectivity index (χ0v) is 11.4. The number of carbonyl (C=O) groups is 1. The molecule has 94 valence electrons. The summed E-state index contributed by atoms with van der Waals surface area (Å²) in [5, 5.41) is 3.23. The number of carbonyl (C=O) groups excluding carboxylic acids is 1. The first-order valence-corrected chi connectivity index (χ1v) is 6.47. The maximum atomic E-state index is 12.1. The van der Waals surface area contributed by atoms with E-state index in [1.54, 1.807) is 0 Å². The summed E-state index contributed by atoms with van der Waals surface area (Å²) >= 11 is 0.